The van der Waals surface area contributed by atoms with Gasteiger partial charge in [0, 0.05) is 26.2 Å². The normalized spacial score (nSPS) is 15.1. The lowest BCUT2D eigenvalue weighted by Crippen LogP contribution is -2.37. The first-order valence-corrected chi connectivity index (χ1v) is 7.66. The van der Waals surface area contributed by atoms with Crippen LogP contribution >= 0.6 is 0 Å². The SMILES string of the molecule is CCNc1nc(N2CCOCC2)nc2c(NCC)ncnc12. The van der Waals surface area contributed by atoms with E-state index >= 15 is 0 Å². The smallest absolute Gasteiger partial charge is 0.228 e. The van der Waals surface area contributed by atoms with Crippen LogP contribution in [0.1, 0.15) is 13.8 Å². The summed E-state index contributed by atoms with van der Waals surface area (Å²) in [5, 5.41) is 6.51. The number of hydrogen-bond donors (Lipinski definition) is 2. The second-order valence-corrected chi connectivity index (χ2v) is 4.95. The average Bonchev–Trinajstić information content (AvgIpc) is 2.57. The van der Waals surface area contributed by atoms with Crippen molar-refractivity contribution < 1.29 is 4.74 Å². The van der Waals surface area contributed by atoms with E-state index < -0.39 is 0 Å². The molecule has 2 aromatic rings. The van der Waals surface area contributed by atoms with E-state index in [4.69, 9.17) is 9.72 Å². The minimum atomic E-state index is 0.695. The number of fused-ring (bicyclic) bond motifs is 1. The first-order chi connectivity index (χ1) is 10.8. The lowest BCUT2D eigenvalue weighted by atomic mass is 10.3. The maximum Gasteiger partial charge on any atom is 0.228 e. The highest BCUT2D eigenvalue weighted by Gasteiger charge is 2.18. The van der Waals surface area contributed by atoms with E-state index in [1.54, 1.807) is 6.33 Å². The Morgan fingerprint density at radius 3 is 2.45 bits per heavy atom. The van der Waals surface area contributed by atoms with Crippen molar-refractivity contribution >= 4 is 28.6 Å². The summed E-state index contributed by atoms with van der Waals surface area (Å²) in [4.78, 5) is 20.1. The molecular formula is C14H21N7O. The van der Waals surface area contributed by atoms with Gasteiger partial charge in [0.05, 0.1) is 13.2 Å². The summed E-state index contributed by atoms with van der Waals surface area (Å²) in [5.74, 6) is 2.18. The second kappa shape index (κ2) is 6.69. The van der Waals surface area contributed by atoms with Crippen LogP contribution in [-0.2, 0) is 4.74 Å². The molecule has 0 aromatic carbocycles. The first-order valence-electron chi connectivity index (χ1n) is 7.66. The maximum atomic E-state index is 5.40. The summed E-state index contributed by atoms with van der Waals surface area (Å²) in [6.07, 6.45) is 1.54. The van der Waals surface area contributed by atoms with E-state index in [0.29, 0.717) is 19.2 Å². The maximum absolute atomic E-state index is 5.40. The molecule has 0 radical (unpaired) electrons. The molecule has 1 aliphatic rings. The van der Waals surface area contributed by atoms with Gasteiger partial charge in [-0.15, -0.1) is 0 Å². The third-order valence-corrected chi connectivity index (χ3v) is 3.45. The molecule has 2 N–H and O–H groups in total. The Morgan fingerprint density at radius 2 is 1.73 bits per heavy atom. The third-order valence-electron chi connectivity index (χ3n) is 3.45. The van der Waals surface area contributed by atoms with Crippen molar-refractivity contribution in [3.63, 3.8) is 0 Å². The van der Waals surface area contributed by atoms with E-state index in [2.05, 4.69) is 30.5 Å². The van der Waals surface area contributed by atoms with E-state index in [-0.39, 0.29) is 0 Å². The van der Waals surface area contributed by atoms with Gasteiger partial charge in [-0.1, -0.05) is 0 Å². The van der Waals surface area contributed by atoms with Gasteiger partial charge >= 0.3 is 0 Å². The van der Waals surface area contributed by atoms with Crippen molar-refractivity contribution in [1.29, 1.82) is 0 Å². The Hall–Kier alpha value is -2.22. The van der Waals surface area contributed by atoms with E-state index in [1.165, 1.54) is 0 Å². The highest BCUT2D eigenvalue weighted by atomic mass is 16.5. The van der Waals surface area contributed by atoms with Crippen LogP contribution in [0.25, 0.3) is 11.0 Å². The summed E-state index contributed by atoms with van der Waals surface area (Å²) < 4.78 is 5.40. The van der Waals surface area contributed by atoms with Crippen molar-refractivity contribution in [1.82, 2.24) is 19.9 Å². The Labute approximate surface area is 129 Å². The zero-order chi connectivity index (χ0) is 15.4. The predicted octanol–water partition coefficient (Wildman–Crippen LogP) is 1.12. The van der Waals surface area contributed by atoms with Crippen LogP contribution < -0.4 is 15.5 Å². The quantitative estimate of drug-likeness (QED) is 0.849. The second-order valence-electron chi connectivity index (χ2n) is 4.95. The Kier molecular flexibility index (Phi) is 4.47. The number of nitrogens with one attached hydrogen (secondary N) is 2. The molecule has 0 spiro atoms. The van der Waals surface area contributed by atoms with Crippen molar-refractivity contribution in [2.45, 2.75) is 13.8 Å². The highest BCUT2D eigenvalue weighted by Crippen LogP contribution is 2.26. The Bertz CT molecular complexity index is 642. The van der Waals surface area contributed by atoms with Gasteiger partial charge in [-0.05, 0) is 13.8 Å². The molecule has 0 saturated carbocycles. The van der Waals surface area contributed by atoms with Gasteiger partial charge in [0.15, 0.2) is 11.6 Å². The molecule has 8 heteroatoms. The zero-order valence-corrected chi connectivity index (χ0v) is 13.0. The number of nitrogens with zero attached hydrogens (tertiary/aromatic N) is 5. The van der Waals surface area contributed by atoms with Gasteiger partial charge in [0.2, 0.25) is 5.95 Å². The van der Waals surface area contributed by atoms with Gasteiger partial charge < -0.3 is 20.3 Å². The fourth-order valence-electron chi connectivity index (χ4n) is 2.43. The molecule has 0 bridgehead atoms. The van der Waals surface area contributed by atoms with Crippen LogP contribution in [0.3, 0.4) is 0 Å². The predicted molar refractivity (Wildman–Crippen MR) is 86.5 cm³/mol. The van der Waals surface area contributed by atoms with Gasteiger partial charge in [0.1, 0.15) is 17.4 Å². The number of rotatable bonds is 5. The van der Waals surface area contributed by atoms with Gasteiger partial charge in [-0.3, -0.25) is 0 Å². The van der Waals surface area contributed by atoms with Crippen LogP contribution in [0, 0.1) is 0 Å². The van der Waals surface area contributed by atoms with E-state index in [9.17, 15) is 0 Å². The molecule has 1 aliphatic heterocycles. The first kappa shape index (κ1) is 14.7. The van der Waals surface area contributed by atoms with Gasteiger partial charge in [-0.2, -0.15) is 4.98 Å². The molecule has 3 heterocycles. The summed E-state index contributed by atoms with van der Waals surface area (Å²) in [6, 6.07) is 0. The summed E-state index contributed by atoms with van der Waals surface area (Å²) in [5.41, 5.74) is 1.49. The highest BCUT2D eigenvalue weighted by molar-refractivity contribution is 5.93. The molecule has 0 unspecified atom stereocenters. The zero-order valence-electron chi connectivity index (χ0n) is 13.0. The Balaban J connectivity index is 2.10. The number of anilines is 3. The average molecular weight is 303 g/mol. The lowest BCUT2D eigenvalue weighted by molar-refractivity contribution is 0.122. The van der Waals surface area contributed by atoms with Crippen molar-refractivity contribution in [2.24, 2.45) is 0 Å². The van der Waals surface area contributed by atoms with Crippen molar-refractivity contribution in [2.75, 3.05) is 54.9 Å². The van der Waals surface area contributed by atoms with E-state index in [0.717, 1.165) is 48.8 Å². The molecule has 0 aliphatic carbocycles. The lowest BCUT2D eigenvalue weighted by Gasteiger charge is -2.27. The molecule has 3 rings (SSSR count). The molecular weight excluding hydrogens is 282 g/mol. The summed E-state index contributed by atoms with van der Waals surface area (Å²) in [7, 11) is 0. The monoisotopic (exact) mass is 303 g/mol. The molecule has 8 nitrogen and oxygen atoms in total. The van der Waals surface area contributed by atoms with E-state index in [1.807, 2.05) is 13.8 Å². The molecule has 1 saturated heterocycles. The minimum Gasteiger partial charge on any atom is -0.378 e. The third kappa shape index (κ3) is 2.87. The number of hydrogen-bond acceptors (Lipinski definition) is 8. The largest absolute Gasteiger partial charge is 0.378 e. The molecule has 2 aromatic heterocycles. The van der Waals surface area contributed by atoms with Crippen LogP contribution in [0.15, 0.2) is 6.33 Å². The fraction of sp³-hybridized carbons (Fsp3) is 0.571. The summed E-state index contributed by atoms with van der Waals surface area (Å²) in [6.45, 7) is 8.60. The van der Waals surface area contributed by atoms with Crippen molar-refractivity contribution in [3.8, 4) is 0 Å². The molecule has 1 fully saturated rings. The standard InChI is InChI=1S/C14H21N7O/c1-3-15-12-11-10(17-9-18-12)13(16-4-2)20-14(19-11)21-5-7-22-8-6-21/h9H,3-8H2,1-2H3,(H,15,17,18)(H,16,19,20). The number of aromatic nitrogens is 4. The van der Waals surface area contributed by atoms with Crippen LogP contribution in [0.5, 0.6) is 0 Å². The molecule has 118 valence electrons. The fourth-order valence-corrected chi connectivity index (χ4v) is 2.43. The van der Waals surface area contributed by atoms with Gasteiger partial charge in [0.25, 0.3) is 0 Å². The van der Waals surface area contributed by atoms with Crippen molar-refractivity contribution in [3.05, 3.63) is 6.33 Å². The summed E-state index contributed by atoms with van der Waals surface area (Å²) >= 11 is 0. The van der Waals surface area contributed by atoms with Crippen LogP contribution in [0.2, 0.25) is 0 Å². The van der Waals surface area contributed by atoms with Crippen LogP contribution in [-0.4, -0.2) is 59.3 Å². The molecule has 22 heavy (non-hydrogen) atoms. The van der Waals surface area contributed by atoms with Gasteiger partial charge in [-0.25, -0.2) is 15.0 Å². The Morgan fingerprint density at radius 1 is 1.00 bits per heavy atom. The number of ether oxygens (including phenoxy) is 1. The molecule has 0 amide bonds. The van der Waals surface area contributed by atoms with Crippen LogP contribution in [0.4, 0.5) is 17.6 Å². The topological polar surface area (TPSA) is 88.1 Å². The minimum absolute atomic E-state index is 0.695. The number of morpholine rings is 1. The molecule has 0 atom stereocenters.